The Balaban J connectivity index is 2.01. The Kier molecular flexibility index (Phi) is 4.84. The van der Waals surface area contributed by atoms with E-state index >= 15 is 0 Å². The largest absolute Gasteiger partial charge is 0.434 e. The van der Waals surface area contributed by atoms with E-state index in [2.05, 4.69) is 22.3 Å². The van der Waals surface area contributed by atoms with Gasteiger partial charge in [-0.2, -0.15) is 13.2 Å². The van der Waals surface area contributed by atoms with E-state index in [1.54, 1.807) is 0 Å². The molecule has 1 aliphatic rings. The Morgan fingerprint density at radius 3 is 2.68 bits per heavy atom. The first kappa shape index (κ1) is 14.8. The number of alkyl halides is 3. The Morgan fingerprint density at radius 1 is 1.42 bits per heavy atom. The van der Waals surface area contributed by atoms with Gasteiger partial charge < -0.3 is 0 Å². The van der Waals surface area contributed by atoms with Gasteiger partial charge in [-0.1, -0.05) is 13.3 Å². The molecule has 0 atom stereocenters. The number of thiazole rings is 1. The van der Waals surface area contributed by atoms with Crippen molar-refractivity contribution in [3.8, 4) is 0 Å². The summed E-state index contributed by atoms with van der Waals surface area (Å²) in [5, 5.41) is 0. The molecule has 0 spiro atoms. The topological polar surface area (TPSA) is 16.1 Å². The van der Waals surface area contributed by atoms with Gasteiger partial charge in [-0.3, -0.25) is 4.90 Å². The fourth-order valence-electron chi connectivity index (χ4n) is 2.36. The number of aromatic nitrogens is 1. The lowest BCUT2D eigenvalue weighted by Crippen LogP contribution is -2.33. The molecular formula is C13H18F3N2S. The lowest BCUT2D eigenvalue weighted by atomic mass is 9.85. The molecule has 0 bridgehead atoms. The van der Waals surface area contributed by atoms with E-state index in [1.165, 1.54) is 19.3 Å². The first-order chi connectivity index (χ1) is 9.00. The van der Waals surface area contributed by atoms with E-state index in [9.17, 15) is 13.2 Å². The van der Waals surface area contributed by atoms with Gasteiger partial charge >= 0.3 is 6.18 Å². The van der Waals surface area contributed by atoms with Gasteiger partial charge in [0.05, 0.1) is 4.88 Å². The SMILES string of the molecule is CCCN(Cc1s[c]nc1C(F)(F)F)CC1CCC1. The maximum absolute atomic E-state index is 12.8. The zero-order valence-corrected chi connectivity index (χ0v) is 11.8. The number of nitrogens with zero attached hydrogens (tertiary/aromatic N) is 2. The van der Waals surface area contributed by atoms with E-state index in [4.69, 9.17) is 0 Å². The second kappa shape index (κ2) is 6.22. The predicted octanol–water partition coefficient (Wildman–Crippen LogP) is 3.97. The van der Waals surface area contributed by atoms with Gasteiger partial charge in [0.1, 0.15) is 0 Å². The van der Waals surface area contributed by atoms with Crippen molar-refractivity contribution in [2.24, 2.45) is 5.92 Å². The summed E-state index contributed by atoms with van der Waals surface area (Å²) >= 11 is 0.986. The van der Waals surface area contributed by atoms with Crippen molar-refractivity contribution in [1.82, 2.24) is 9.88 Å². The van der Waals surface area contributed by atoms with Crippen molar-refractivity contribution >= 4 is 11.3 Å². The van der Waals surface area contributed by atoms with Crippen molar-refractivity contribution in [1.29, 1.82) is 0 Å². The first-order valence-electron chi connectivity index (χ1n) is 6.66. The summed E-state index contributed by atoms with van der Waals surface area (Å²) in [5.41, 5.74) is 1.62. The average Bonchev–Trinajstić information content (AvgIpc) is 2.71. The highest BCUT2D eigenvalue weighted by molar-refractivity contribution is 7.09. The van der Waals surface area contributed by atoms with Gasteiger partial charge in [-0.25, -0.2) is 4.98 Å². The molecule has 19 heavy (non-hydrogen) atoms. The van der Waals surface area contributed by atoms with Crippen LogP contribution in [0.4, 0.5) is 13.2 Å². The Morgan fingerprint density at radius 2 is 2.16 bits per heavy atom. The van der Waals surface area contributed by atoms with Gasteiger partial charge in [0, 0.05) is 13.1 Å². The van der Waals surface area contributed by atoms with Crippen LogP contribution in [0.5, 0.6) is 0 Å². The van der Waals surface area contributed by atoms with Crippen molar-refractivity contribution in [3.05, 3.63) is 16.1 Å². The molecule has 1 aromatic rings. The third-order valence-electron chi connectivity index (χ3n) is 3.51. The normalized spacial score (nSPS) is 16.9. The zero-order valence-electron chi connectivity index (χ0n) is 11.0. The Bertz CT molecular complexity index is 399. The maximum atomic E-state index is 12.8. The number of rotatable bonds is 6. The van der Waals surface area contributed by atoms with Crippen molar-refractivity contribution in [3.63, 3.8) is 0 Å². The third-order valence-corrected chi connectivity index (χ3v) is 4.26. The second-order valence-corrected chi connectivity index (χ2v) is 5.99. The highest BCUT2D eigenvalue weighted by Gasteiger charge is 2.36. The molecule has 0 aromatic carbocycles. The first-order valence-corrected chi connectivity index (χ1v) is 7.47. The highest BCUT2D eigenvalue weighted by atomic mass is 32.1. The molecule has 0 amide bonds. The van der Waals surface area contributed by atoms with Crippen LogP contribution in [0.1, 0.15) is 43.2 Å². The summed E-state index contributed by atoms with van der Waals surface area (Å²) in [6.45, 7) is 4.15. The molecule has 1 radical (unpaired) electrons. The molecule has 0 N–H and O–H groups in total. The summed E-state index contributed by atoms with van der Waals surface area (Å²) in [6, 6.07) is 0. The van der Waals surface area contributed by atoms with Gasteiger partial charge in [-0.15, -0.1) is 11.3 Å². The second-order valence-electron chi connectivity index (χ2n) is 5.11. The van der Waals surface area contributed by atoms with E-state index < -0.39 is 11.9 Å². The van der Waals surface area contributed by atoms with Crippen LogP contribution in [0.15, 0.2) is 0 Å². The van der Waals surface area contributed by atoms with Crippen LogP contribution in [0.2, 0.25) is 0 Å². The predicted molar refractivity (Wildman–Crippen MR) is 68.9 cm³/mol. The van der Waals surface area contributed by atoms with Crippen molar-refractivity contribution in [2.75, 3.05) is 13.1 Å². The average molecular weight is 291 g/mol. The summed E-state index contributed by atoms with van der Waals surface area (Å²) < 4.78 is 38.3. The molecule has 107 valence electrons. The van der Waals surface area contributed by atoms with Crippen LogP contribution in [-0.4, -0.2) is 23.0 Å². The molecule has 1 heterocycles. The third kappa shape index (κ3) is 3.92. The molecule has 1 saturated carbocycles. The van der Waals surface area contributed by atoms with E-state index in [0.717, 1.165) is 30.8 Å². The molecule has 1 fully saturated rings. The molecule has 0 saturated heterocycles. The fourth-order valence-corrected chi connectivity index (χ4v) is 3.11. The smallest absolute Gasteiger partial charge is 0.298 e. The van der Waals surface area contributed by atoms with Crippen LogP contribution >= 0.6 is 11.3 Å². The quantitative estimate of drug-likeness (QED) is 0.788. The van der Waals surface area contributed by atoms with Crippen molar-refractivity contribution in [2.45, 2.75) is 45.3 Å². The Labute approximate surface area is 115 Å². The van der Waals surface area contributed by atoms with Gasteiger partial charge in [-0.05, 0) is 31.7 Å². The number of hydrogen-bond acceptors (Lipinski definition) is 3. The number of halogens is 3. The lowest BCUT2D eigenvalue weighted by Gasteiger charge is -2.32. The van der Waals surface area contributed by atoms with Gasteiger partial charge in [0.15, 0.2) is 11.2 Å². The zero-order chi connectivity index (χ0) is 13.9. The molecule has 6 heteroatoms. The van der Waals surface area contributed by atoms with E-state index in [1.807, 2.05) is 0 Å². The minimum Gasteiger partial charge on any atom is -0.298 e. The molecule has 1 aromatic heterocycles. The molecule has 1 aliphatic carbocycles. The van der Waals surface area contributed by atoms with Crippen LogP contribution in [0, 0.1) is 11.4 Å². The van der Waals surface area contributed by atoms with E-state index in [0.29, 0.717) is 17.3 Å². The van der Waals surface area contributed by atoms with Crippen LogP contribution in [0.3, 0.4) is 0 Å². The molecule has 2 rings (SSSR count). The number of hydrogen-bond donors (Lipinski definition) is 0. The van der Waals surface area contributed by atoms with Crippen molar-refractivity contribution < 1.29 is 13.2 Å². The fraction of sp³-hybridized carbons (Fsp3) is 0.769. The minimum atomic E-state index is -4.36. The Hall–Kier alpha value is -0.620. The van der Waals surface area contributed by atoms with Gasteiger partial charge in [0.2, 0.25) is 0 Å². The molecule has 0 aliphatic heterocycles. The van der Waals surface area contributed by atoms with E-state index in [-0.39, 0.29) is 0 Å². The van der Waals surface area contributed by atoms with Crippen LogP contribution in [0.25, 0.3) is 0 Å². The maximum Gasteiger partial charge on any atom is 0.434 e. The lowest BCUT2D eigenvalue weighted by molar-refractivity contribution is -0.141. The summed E-state index contributed by atoms with van der Waals surface area (Å²) in [4.78, 5) is 5.77. The van der Waals surface area contributed by atoms with Crippen LogP contribution < -0.4 is 0 Å². The molecule has 2 nitrogen and oxygen atoms in total. The highest BCUT2D eigenvalue weighted by Crippen LogP contribution is 2.34. The van der Waals surface area contributed by atoms with Gasteiger partial charge in [0.25, 0.3) is 0 Å². The monoisotopic (exact) mass is 291 g/mol. The minimum absolute atomic E-state index is 0.292. The van der Waals surface area contributed by atoms with Crippen LogP contribution in [-0.2, 0) is 12.7 Å². The standard InChI is InChI=1S/C13H18F3N2S/c1-2-6-18(7-10-4-3-5-10)8-11-12(13(14,15)16)17-9-19-11/h10H,2-8H2,1H3. The molecule has 0 unspecified atom stereocenters. The summed E-state index contributed by atoms with van der Waals surface area (Å²) in [5.74, 6) is 0.665. The summed E-state index contributed by atoms with van der Waals surface area (Å²) in [6.07, 6.45) is 0.270. The molecular weight excluding hydrogens is 273 g/mol. The summed E-state index contributed by atoms with van der Waals surface area (Å²) in [7, 11) is 0.